The zero-order chi connectivity index (χ0) is 20.6. The van der Waals surface area contributed by atoms with E-state index in [2.05, 4.69) is 67.0 Å². The van der Waals surface area contributed by atoms with Gasteiger partial charge < -0.3 is 10.6 Å². The molecule has 0 spiro atoms. The van der Waals surface area contributed by atoms with Crippen molar-refractivity contribution in [3.63, 3.8) is 0 Å². The average molecular weight is 531 g/mol. The minimum Gasteiger partial charge on any atom is -0.352 e. The zero-order valence-corrected chi connectivity index (χ0v) is 20.2. The van der Waals surface area contributed by atoms with Gasteiger partial charge in [0.05, 0.1) is 5.69 Å². The number of hydrogen-bond acceptors (Lipinski definition) is 4. The summed E-state index contributed by atoms with van der Waals surface area (Å²) in [6, 6.07) is 17.1. The third kappa shape index (κ3) is 6.76. The van der Waals surface area contributed by atoms with Crippen molar-refractivity contribution >= 4 is 29.9 Å². The molecule has 1 aliphatic heterocycles. The maximum absolute atomic E-state index is 4.33. The third-order valence-electron chi connectivity index (χ3n) is 5.39. The summed E-state index contributed by atoms with van der Waals surface area (Å²) >= 11 is 0. The van der Waals surface area contributed by atoms with Crippen LogP contribution in [0.3, 0.4) is 0 Å². The molecule has 1 saturated heterocycles. The van der Waals surface area contributed by atoms with Crippen LogP contribution in [-0.4, -0.2) is 45.8 Å². The first-order valence-corrected chi connectivity index (χ1v) is 10.5. The van der Waals surface area contributed by atoms with Crippen molar-refractivity contribution in [2.45, 2.75) is 32.5 Å². The predicted octanol–water partition coefficient (Wildman–Crippen LogP) is 3.35. The first-order valence-electron chi connectivity index (χ1n) is 10.5. The lowest BCUT2D eigenvalue weighted by Crippen LogP contribution is -2.36. The molecule has 1 aliphatic rings. The summed E-state index contributed by atoms with van der Waals surface area (Å²) in [5.41, 5.74) is 4.80. The van der Waals surface area contributed by atoms with Crippen LogP contribution in [0.1, 0.15) is 29.5 Å². The number of aliphatic imine (C=N–C) groups is 1. The SMILES string of the molecule is CN=C(NCc1ccc(CN2CCCC2)cc1)NCc1ccc(-n2cncn2)cc1.I. The van der Waals surface area contributed by atoms with Crippen LogP contribution < -0.4 is 10.6 Å². The molecule has 2 N–H and O–H groups in total. The summed E-state index contributed by atoms with van der Waals surface area (Å²) in [6.45, 7) is 4.97. The number of rotatable bonds is 7. The van der Waals surface area contributed by atoms with Gasteiger partial charge in [0.25, 0.3) is 0 Å². The molecule has 0 aliphatic carbocycles. The minimum atomic E-state index is 0. The van der Waals surface area contributed by atoms with Gasteiger partial charge in [-0.2, -0.15) is 5.10 Å². The van der Waals surface area contributed by atoms with Crippen LogP contribution in [0.25, 0.3) is 5.69 Å². The number of nitrogens with zero attached hydrogens (tertiary/aromatic N) is 5. The van der Waals surface area contributed by atoms with E-state index in [1.807, 2.05) is 12.1 Å². The van der Waals surface area contributed by atoms with Gasteiger partial charge in [-0.05, 0) is 54.8 Å². The lowest BCUT2D eigenvalue weighted by Gasteiger charge is -2.15. The fourth-order valence-corrected chi connectivity index (χ4v) is 3.66. The van der Waals surface area contributed by atoms with Crippen LogP contribution >= 0.6 is 24.0 Å². The Kier molecular flexibility index (Phi) is 8.84. The summed E-state index contributed by atoms with van der Waals surface area (Å²) in [5, 5.41) is 10.9. The standard InChI is InChI=1S/C23H29N7.HI/c1-24-23(27-15-20-8-10-22(11-9-20)30-18-25-17-28-30)26-14-19-4-6-21(7-5-19)16-29-12-2-3-13-29;/h4-11,17-18H,2-3,12-16H2,1H3,(H2,24,26,27);1H. The highest BCUT2D eigenvalue weighted by molar-refractivity contribution is 14.0. The number of benzene rings is 2. The Hall–Kier alpha value is -2.46. The fraction of sp³-hybridized carbons (Fsp3) is 0.348. The average Bonchev–Trinajstić information content (AvgIpc) is 3.50. The molecule has 8 heteroatoms. The number of hydrogen-bond donors (Lipinski definition) is 2. The second-order valence-corrected chi connectivity index (χ2v) is 7.59. The Morgan fingerprint density at radius 2 is 1.48 bits per heavy atom. The van der Waals surface area contributed by atoms with Gasteiger partial charge >= 0.3 is 0 Å². The van der Waals surface area contributed by atoms with E-state index < -0.39 is 0 Å². The zero-order valence-electron chi connectivity index (χ0n) is 17.9. The highest BCUT2D eigenvalue weighted by atomic mass is 127. The number of aromatic nitrogens is 3. The van der Waals surface area contributed by atoms with Crippen LogP contribution in [0, 0.1) is 0 Å². The molecular weight excluding hydrogens is 501 g/mol. The van der Waals surface area contributed by atoms with E-state index in [0.29, 0.717) is 6.54 Å². The van der Waals surface area contributed by atoms with Crippen LogP contribution in [0.15, 0.2) is 66.2 Å². The van der Waals surface area contributed by atoms with Crippen molar-refractivity contribution < 1.29 is 0 Å². The Labute approximate surface area is 201 Å². The highest BCUT2D eigenvalue weighted by Gasteiger charge is 2.11. The molecule has 1 aromatic heterocycles. The summed E-state index contributed by atoms with van der Waals surface area (Å²) in [4.78, 5) is 10.8. The maximum atomic E-state index is 4.33. The molecule has 0 saturated carbocycles. The Morgan fingerprint density at radius 1 is 0.903 bits per heavy atom. The Balaban J connectivity index is 0.00000272. The molecule has 4 rings (SSSR count). The van der Waals surface area contributed by atoms with Gasteiger partial charge in [-0.1, -0.05) is 36.4 Å². The fourth-order valence-electron chi connectivity index (χ4n) is 3.66. The van der Waals surface area contributed by atoms with E-state index >= 15 is 0 Å². The largest absolute Gasteiger partial charge is 0.352 e. The predicted molar refractivity (Wildman–Crippen MR) is 135 cm³/mol. The molecule has 164 valence electrons. The molecule has 0 bridgehead atoms. The normalized spacial score (nSPS) is 14.3. The van der Waals surface area contributed by atoms with Crippen molar-refractivity contribution in [2.24, 2.45) is 4.99 Å². The molecule has 3 aromatic rings. The summed E-state index contributed by atoms with van der Waals surface area (Å²) in [7, 11) is 1.79. The minimum absolute atomic E-state index is 0. The van der Waals surface area contributed by atoms with E-state index in [-0.39, 0.29) is 24.0 Å². The van der Waals surface area contributed by atoms with Crippen molar-refractivity contribution in [3.8, 4) is 5.69 Å². The van der Waals surface area contributed by atoms with Crippen molar-refractivity contribution in [2.75, 3.05) is 20.1 Å². The van der Waals surface area contributed by atoms with E-state index in [0.717, 1.165) is 24.7 Å². The van der Waals surface area contributed by atoms with Gasteiger partial charge in [-0.3, -0.25) is 9.89 Å². The van der Waals surface area contributed by atoms with Crippen LogP contribution in [0.4, 0.5) is 0 Å². The van der Waals surface area contributed by atoms with Crippen molar-refractivity contribution in [1.82, 2.24) is 30.3 Å². The molecule has 1 fully saturated rings. The smallest absolute Gasteiger partial charge is 0.191 e. The van der Waals surface area contributed by atoms with Crippen molar-refractivity contribution in [3.05, 3.63) is 77.9 Å². The summed E-state index contributed by atoms with van der Waals surface area (Å²) < 4.78 is 1.74. The molecule has 2 heterocycles. The summed E-state index contributed by atoms with van der Waals surface area (Å²) in [5.74, 6) is 0.788. The quantitative estimate of drug-likeness (QED) is 0.278. The molecule has 7 nitrogen and oxygen atoms in total. The Bertz CT molecular complexity index is 931. The van der Waals surface area contributed by atoms with Gasteiger partial charge in [-0.25, -0.2) is 9.67 Å². The highest BCUT2D eigenvalue weighted by Crippen LogP contribution is 2.13. The summed E-state index contributed by atoms with van der Waals surface area (Å²) in [6.07, 6.45) is 5.89. The number of guanidine groups is 1. The van der Waals surface area contributed by atoms with E-state index in [1.165, 1.54) is 48.9 Å². The lowest BCUT2D eigenvalue weighted by atomic mass is 10.1. The van der Waals surface area contributed by atoms with Crippen molar-refractivity contribution in [1.29, 1.82) is 0 Å². The maximum Gasteiger partial charge on any atom is 0.191 e. The second-order valence-electron chi connectivity index (χ2n) is 7.59. The first-order chi connectivity index (χ1) is 14.8. The topological polar surface area (TPSA) is 70.4 Å². The molecule has 0 atom stereocenters. The molecule has 0 radical (unpaired) electrons. The number of halogens is 1. The van der Waals surface area contributed by atoms with Crippen LogP contribution in [-0.2, 0) is 19.6 Å². The van der Waals surface area contributed by atoms with Gasteiger partial charge in [0.15, 0.2) is 5.96 Å². The van der Waals surface area contributed by atoms with E-state index in [9.17, 15) is 0 Å². The first kappa shape index (κ1) is 23.2. The van der Waals surface area contributed by atoms with Gasteiger partial charge in [0.2, 0.25) is 0 Å². The molecule has 31 heavy (non-hydrogen) atoms. The molecular formula is C23H30IN7. The Morgan fingerprint density at radius 3 is 2.03 bits per heavy atom. The van der Waals surface area contributed by atoms with Gasteiger partial charge in [0.1, 0.15) is 12.7 Å². The number of nitrogens with one attached hydrogen (secondary N) is 2. The van der Waals surface area contributed by atoms with E-state index in [1.54, 1.807) is 18.1 Å². The third-order valence-corrected chi connectivity index (χ3v) is 5.39. The lowest BCUT2D eigenvalue weighted by molar-refractivity contribution is 0.331. The van der Waals surface area contributed by atoms with Gasteiger partial charge in [-0.15, -0.1) is 24.0 Å². The number of likely N-dealkylation sites (tertiary alicyclic amines) is 1. The molecule has 0 unspecified atom stereocenters. The van der Waals surface area contributed by atoms with Crippen LogP contribution in [0.2, 0.25) is 0 Å². The second kappa shape index (κ2) is 11.8. The van der Waals surface area contributed by atoms with Crippen LogP contribution in [0.5, 0.6) is 0 Å². The van der Waals surface area contributed by atoms with E-state index in [4.69, 9.17) is 0 Å². The monoisotopic (exact) mass is 531 g/mol. The molecule has 2 aromatic carbocycles. The van der Waals surface area contributed by atoms with Gasteiger partial charge in [0, 0.05) is 26.7 Å². The molecule has 0 amide bonds.